The molecular formula is C13H15N3O2. The topological polar surface area (TPSA) is 54.8 Å². The van der Waals surface area contributed by atoms with Crippen LogP contribution in [0.1, 0.15) is 26.2 Å². The molecule has 18 heavy (non-hydrogen) atoms. The van der Waals surface area contributed by atoms with E-state index in [1.165, 1.54) is 5.01 Å². The maximum atomic E-state index is 12.4. The molecule has 1 aliphatic carbocycles. The Hall–Kier alpha value is -1.91. The number of amides is 1. The lowest BCUT2D eigenvalue weighted by Crippen LogP contribution is -2.44. The van der Waals surface area contributed by atoms with Crippen LogP contribution >= 0.6 is 0 Å². The van der Waals surface area contributed by atoms with Crippen LogP contribution in [0.4, 0.5) is 5.82 Å². The molecule has 0 unspecified atom stereocenters. The van der Waals surface area contributed by atoms with Crippen LogP contribution < -0.4 is 9.75 Å². The molecule has 1 aliphatic heterocycles. The van der Waals surface area contributed by atoms with Crippen molar-refractivity contribution in [2.45, 2.75) is 26.2 Å². The molecule has 5 nitrogen and oxygen atoms in total. The van der Waals surface area contributed by atoms with Crippen molar-refractivity contribution in [2.75, 3.05) is 12.1 Å². The minimum Gasteiger partial charge on any atom is -0.495 e. The number of hydrogen-bond donors (Lipinski definition) is 0. The lowest BCUT2D eigenvalue weighted by atomic mass is 9.66. The molecule has 0 saturated heterocycles. The zero-order valence-electron chi connectivity index (χ0n) is 10.5. The van der Waals surface area contributed by atoms with Crippen LogP contribution in [0.3, 0.4) is 0 Å². The fourth-order valence-corrected chi connectivity index (χ4v) is 2.53. The van der Waals surface area contributed by atoms with Gasteiger partial charge in [-0.2, -0.15) is 10.1 Å². The molecule has 2 aliphatic rings. The van der Waals surface area contributed by atoms with Gasteiger partial charge in [0.1, 0.15) is 5.75 Å². The maximum absolute atomic E-state index is 12.4. The highest BCUT2D eigenvalue weighted by Crippen LogP contribution is 2.47. The Morgan fingerprint density at radius 1 is 1.39 bits per heavy atom. The van der Waals surface area contributed by atoms with Gasteiger partial charge in [0.2, 0.25) is 0 Å². The van der Waals surface area contributed by atoms with Crippen LogP contribution in [-0.2, 0) is 4.79 Å². The summed E-state index contributed by atoms with van der Waals surface area (Å²) < 4.78 is 5.05. The third-order valence-electron chi connectivity index (χ3n) is 3.92. The van der Waals surface area contributed by atoms with Crippen molar-refractivity contribution in [1.82, 2.24) is 4.98 Å². The summed E-state index contributed by atoms with van der Waals surface area (Å²) in [5.74, 6) is 1.29. The lowest BCUT2D eigenvalue weighted by Gasteiger charge is -2.36. The first-order valence-electron chi connectivity index (χ1n) is 6.08. The second-order valence-corrected chi connectivity index (χ2v) is 4.79. The first-order valence-corrected chi connectivity index (χ1v) is 6.08. The molecule has 1 aromatic rings. The number of aromatic nitrogens is 1. The smallest absolute Gasteiger partial charge is 0.260 e. The van der Waals surface area contributed by atoms with Crippen molar-refractivity contribution >= 4 is 17.4 Å². The van der Waals surface area contributed by atoms with Crippen LogP contribution in [0.5, 0.6) is 5.75 Å². The number of rotatable bonds is 2. The largest absolute Gasteiger partial charge is 0.495 e. The lowest BCUT2D eigenvalue weighted by molar-refractivity contribution is -0.127. The zero-order chi connectivity index (χ0) is 12.8. The first kappa shape index (κ1) is 11.2. The van der Waals surface area contributed by atoms with Crippen molar-refractivity contribution in [2.24, 2.45) is 10.5 Å². The third kappa shape index (κ3) is 1.36. The van der Waals surface area contributed by atoms with E-state index < -0.39 is 0 Å². The molecule has 1 saturated carbocycles. The van der Waals surface area contributed by atoms with Gasteiger partial charge in [0.15, 0.2) is 5.82 Å². The molecule has 94 valence electrons. The Balaban J connectivity index is 1.91. The summed E-state index contributed by atoms with van der Waals surface area (Å²) in [7, 11) is 1.59. The van der Waals surface area contributed by atoms with Crippen molar-refractivity contribution in [1.29, 1.82) is 0 Å². The Labute approximate surface area is 105 Å². The van der Waals surface area contributed by atoms with Crippen LogP contribution in [0.25, 0.3) is 0 Å². The van der Waals surface area contributed by atoms with Crippen molar-refractivity contribution in [3.63, 3.8) is 0 Å². The molecular weight excluding hydrogens is 230 g/mol. The van der Waals surface area contributed by atoms with Crippen molar-refractivity contribution in [3.05, 3.63) is 18.3 Å². The molecule has 0 atom stereocenters. The van der Waals surface area contributed by atoms with Crippen LogP contribution in [0, 0.1) is 5.41 Å². The van der Waals surface area contributed by atoms with Gasteiger partial charge >= 0.3 is 0 Å². The molecule has 1 aromatic heterocycles. The van der Waals surface area contributed by atoms with Gasteiger partial charge in [-0.1, -0.05) is 6.42 Å². The minimum atomic E-state index is -0.332. The number of carbonyl (C=O) groups excluding carboxylic acids is 1. The number of nitrogens with zero attached hydrogens (tertiary/aromatic N) is 3. The van der Waals surface area contributed by atoms with E-state index in [1.807, 2.05) is 6.92 Å². The quantitative estimate of drug-likeness (QED) is 0.800. The molecule has 0 aromatic carbocycles. The number of anilines is 1. The van der Waals surface area contributed by atoms with Gasteiger partial charge in [-0.15, -0.1) is 0 Å². The van der Waals surface area contributed by atoms with E-state index in [0.717, 1.165) is 25.0 Å². The summed E-state index contributed by atoms with van der Waals surface area (Å²) >= 11 is 0. The van der Waals surface area contributed by atoms with Gasteiger partial charge in [0.25, 0.3) is 5.91 Å². The number of methoxy groups -OCH3 is 1. The highest BCUT2D eigenvalue weighted by atomic mass is 16.5. The first-order chi connectivity index (χ1) is 8.67. The van der Waals surface area contributed by atoms with Gasteiger partial charge < -0.3 is 4.74 Å². The standard InChI is InChI=1S/C13H15N3O2/c1-9-13(6-3-7-13)12(17)16(15-9)11-5-4-10(18-2)8-14-11/h4-5,8H,3,6-7H2,1-2H3. The summed E-state index contributed by atoms with van der Waals surface area (Å²) in [5, 5.41) is 5.79. The number of ether oxygens (including phenoxy) is 1. The highest BCUT2D eigenvalue weighted by molar-refractivity contribution is 6.18. The van der Waals surface area contributed by atoms with Gasteiger partial charge in [0, 0.05) is 0 Å². The normalized spacial score (nSPS) is 20.9. The highest BCUT2D eigenvalue weighted by Gasteiger charge is 2.53. The Bertz CT molecular complexity index is 518. The number of carbonyl (C=O) groups is 1. The van der Waals surface area contributed by atoms with Crippen LogP contribution in [0.15, 0.2) is 23.4 Å². The van der Waals surface area contributed by atoms with Crippen molar-refractivity contribution in [3.8, 4) is 5.75 Å². The summed E-state index contributed by atoms with van der Waals surface area (Å²) in [6, 6.07) is 3.54. The number of hydrazone groups is 1. The molecule has 5 heteroatoms. The molecule has 1 spiro atoms. The van der Waals surface area contributed by atoms with E-state index in [0.29, 0.717) is 11.6 Å². The SMILES string of the molecule is COc1ccc(N2N=C(C)C3(CCC3)C2=O)nc1. The second kappa shape index (κ2) is 3.80. The summed E-state index contributed by atoms with van der Waals surface area (Å²) in [4.78, 5) is 16.6. The molecule has 1 fully saturated rings. The Kier molecular flexibility index (Phi) is 2.36. The fraction of sp³-hybridized carbons (Fsp3) is 0.462. The van der Waals surface area contributed by atoms with Gasteiger partial charge in [-0.25, -0.2) is 4.98 Å². The molecule has 0 N–H and O–H groups in total. The second-order valence-electron chi connectivity index (χ2n) is 4.79. The van der Waals surface area contributed by atoms with Gasteiger partial charge in [-0.05, 0) is 31.9 Å². The number of hydrogen-bond acceptors (Lipinski definition) is 4. The van der Waals surface area contributed by atoms with E-state index >= 15 is 0 Å². The van der Waals surface area contributed by atoms with E-state index in [1.54, 1.807) is 25.4 Å². The zero-order valence-corrected chi connectivity index (χ0v) is 10.5. The Morgan fingerprint density at radius 2 is 2.17 bits per heavy atom. The van der Waals surface area contributed by atoms with E-state index in [2.05, 4.69) is 10.1 Å². The molecule has 2 heterocycles. The van der Waals surface area contributed by atoms with E-state index in [4.69, 9.17) is 4.74 Å². The average Bonchev–Trinajstić information content (AvgIpc) is 2.61. The minimum absolute atomic E-state index is 0.0592. The predicted octanol–water partition coefficient (Wildman–Crippen LogP) is 1.98. The molecule has 0 bridgehead atoms. The maximum Gasteiger partial charge on any atom is 0.260 e. The Morgan fingerprint density at radius 3 is 2.61 bits per heavy atom. The molecule has 1 amide bonds. The number of pyridine rings is 1. The predicted molar refractivity (Wildman–Crippen MR) is 67.7 cm³/mol. The molecule has 3 rings (SSSR count). The summed E-state index contributed by atoms with van der Waals surface area (Å²) in [6.07, 6.45) is 4.52. The van der Waals surface area contributed by atoms with E-state index in [9.17, 15) is 4.79 Å². The third-order valence-corrected chi connectivity index (χ3v) is 3.92. The van der Waals surface area contributed by atoms with Gasteiger partial charge in [-0.3, -0.25) is 4.79 Å². The fourth-order valence-electron chi connectivity index (χ4n) is 2.53. The monoisotopic (exact) mass is 245 g/mol. The van der Waals surface area contributed by atoms with E-state index in [-0.39, 0.29) is 11.3 Å². The summed E-state index contributed by atoms with van der Waals surface area (Å²) in [6.45, 7) is 1.93. The average molecular weight is 245 g/mol. The van der Waals surface area contributed by atoms with Crippen molar-refractivity contribution < 1.29 is 9.53 Å². The van der Waals surface area contributed by atoms with Gasteiger partial charge in [0.05, 0.1) is 24.4 Å². The van der Waals surface area contributed by atoms with Crippen LogP contribution in [-0.4, -0.2) is 23.7 Å². The molecule has 0 radical (unpaired) electrons. The summed E-state index contributed by atoms with van der Waals surface area (Å²) in [5.41, 5.74) is 0.582. The van der Waals surface area contributed by atoms with Crippen LogP contribution in [0.2, 0.25) is 0 Å².